The number of nitrogens with zero attached hydrogens (tertiary/aromatic N) is 4. The van der Waals surface area contributed by atoms with Gasteiger partial charge < -0.3 is 4.57 Å². The number of para-hydroxylation sites is 4. The van der Waals surface area contributed by atoms with Crippen molar-refractivity contribution in [1.29, 1.82) is 0 Å². The fourth-order valence-corrected chi connectivity index (χ4v) is 8.61. The van der Waals surface area contributed by atoms with Crippen LogP contribution in [-0.2, 0) is 0 Å². The van der Waals surface area contributed by atoms with E-state index in [1.807, 2.05) is 0 Å². The maximum Gasteiger partial charge on any atom is 0.140 e. The lowest BCUT2D eigenvalue weighted by Gasteiger charge is -2.27. The zero-order valence-corrected chi connectivity index (χ0v) is 28.3. The molecule has 11 rings (SSSR count). The van der Waals surface area contributed by atoms with Gasteiger partial charge in [0, 0.05) is 32.8 Å². The van der Waals surface area contributed by atoms with Crippen LogP contribution in [0, 0.1) is 0 Å². The Kier molecular flexibility index (Phi) is 6.28. The van der Waals surface area contributed by atoms with Gasteiger partial charge in [0.1, 0.15) is 11.6 Å². The summed E-state index contributed by atoms with van der Waals surface area (Å²) in [5, 5.41) is 4.95. The first-order valence-corrected chi connectivity index (χ1v) is 17.9. The molecule has 0 saturated heterocycles. The van der Waals surface area contributed by atoms with Crippen LogP contribution < -0.4 is 4.90 Å². The van der Waals surface area contributed by atoms with Crippen molar-refractivity contribution in [3.8, 4) is 22.6 Å². The second kappa shape index (κ2) is 11.3. The molecule has 4 heteroatoms. The van der Waals surface area contributed by atoms with E-state index >= 15 is 0 Å². The number of fused-ring (bicyclic) bond motifs is 11. The molecule has 9 aromatic rings. The van der Waals surface area contributed by atoms with E-state index in [2.05, 4.69) is 196 Å². The molecule has 0 saturated carbocycles. The Hall–Kier alpha value is -6.91. The standard InChI is InChI=1S/C48H32N4/c1-3-16-32(17-4-1)50-41-26-13-10-22-37(41)47-43(50)30-31-44-48(47)38-23-11-14-27-42(38)52(44)46-29-15-28-45(49-46)51-39-24-6-2-5-20-35(39)33-18-7-8-19-34(33)36-21-9-12-25-40(36)51/h1-19,21-31H,20H2. The second-order valence-electron chi connectivity index (χ2n) is 13.5. The summed E-state index contributed by atoms with van der Waals surface area (Å²) in [7, 11) is 0. The second-order valence-corrected chi connectivity index (χ2v) is 13.5. The average molecular weight is 665 g/mol. The lowest BCUT2D eigenvalue weighted by molar-refractivity contribution is 1.05. The minimum absolute atomic E-state index is 0.836. The van der Waals surface area contributed by atoms with Crippen molar-refractivity contribution in [2.45, 2.75) is 6.42 Å². The van der Waals surface area contributed by atoms with Crippen LogP contribution in [-0.4, -0.2) is 14.1 Å². The van der Waals surface area contributed by atoms with Gasteiger partial charge in [-0.2, -0.15) is 0 Å². The fraction of sp³-hybridized carbons (Fsp3) is 0.0208. The van der Waals surface area contributed by atoms with E-state index in [1.165, 1.54) is 54.8 Å². The Morgan fingerprint density at radius 1 is 0.442 bits per heavy atom. The van der Waals surface area contributed by atoms with Crippen LogP contribution in [0.5, 0.6) is 0 Å². The molecule has 0 bridgehead atoms. The molecule has 0 fully saturated rings. The fourth-order valence-electron chi connectivity index (χ4n) is 8.61. The number of benzene rings is 6. The number of hydrogen-bond acceptors (Lipinski definition) is 2. The highest BCUT2D eigenvalue weighted by atomic mass is 15.2. The van der Waals surface area contributed by atoms with Crippen molar-refractivity contribution in [2.75, 3.05) is 4.90 Å². The predicted octanol–water partition coefficient (Wildman–Crippen LogP) is 12.3. The minimum Gasteiger partial charge on any atom is -0.309 e. The van der Waals surface area contributed by atoms with Crippen molar-refractivity contribution in [1.82, 2.24) is 14.1 Å². The zero-order valence-electron chi connectivity index (χ0n) is 28.3. The lowest BCUT2D eigenvalue weighted by Crippen LogP contribution is -2.18. The third-order valence-electron chi connectivity index (χ3n) is 10.7. The molecule has 6 aromatic carbocycles. The highest BCUT2D eigenvalue weighted by Crippen LogP contribution is 2.47. The third kappa shape index (κ3) is 4.12. The van der Waals surface area contributed by atoms with Crippen LogP contribution in [0.2, 0.25) is 0 Å². The van der Waals surface area contributed by atoms with Crippen LogP contribution in [0.4, 0.5) is 11.5 Å². The SMILES string of the molecule is C1=CCC2=C(C=C1)N(c1cccc(-n3c4ccccc4c4c5c6ccccc6n(-c6ccccc6)c5ccc43)n1)c1ccccc1-c1ccccc12. The zero-order chi connectivity index (χ0) is 34.2. The number of pyridine rings is 1. The van der Waals surface area contributed by atoms with Crippen molar-refractivity contribution in [3.05, 3.63) is 193 Å². The molecule has 2 aliphatic rings. The minimum atomic E-state index is 0.836. The summed E-state index contributed by atoms with van der Waals surface area (Å²) in [6, 6.07) is 56.8. The number of hydrogen-bond donors (Lipinski definition) is 0. The molecule has 0 amide bonds. The molecular weight excluding hydrogens is 633 g/mol. The van der Waals surface area contributed by atoms with Gasteiger partial charge in [-0.25, -0.2) is 4.98 Å². The Balaban J connectivity index is 1.19. The molecule has 0 atom stereocenters. The highest BCUT2D eigenvalue weighted by molar-refractivity contribution is 6.28. The summed E-state index contributed by atoms with van der Waals surface area (Å²) in [4.78, 5) is 7.91. The van der Waals surface area contributed by atoms with Crippen molar-refractivity contribution in [3.63, 3.8) is 0 Å². The Morgan fingerprint density at radius 2 is 1.06 bits per heavy atom. The molecule has 4 heterocycles. The largest absolute Gasteiger partial charge is 0.309 e. The Bertz CT molecular complexity index is 2990. The first kappa shape index (κ1) is 28.9. The molecule has 1 aliphatic heterocycles. The van der Waals surface area contributed by atoms with E-state index in [4.69, 9.17) is 4.98 Å². The van der Waals surface area contributed by atoms with Gasteiger partial charge in [-0.05, 0) is 83.8 Å². The first-order valence-electron chi connectivity index (χ1n) is 17.9. The van der Waals surface area contributed by atoms with Crippen molar-refractivity contribution >= 4 is 60.7 Å². The lowest BCUT2D eigenvalue weighted by atomic mass is 9.93. The third-order valence-corrected chi connectivity index (χ3v) is 10.7. The van der Waals surface area contributed by atoms with E-state index in [-0.39, 0.29) is 0 Å². The number of anilines is 2. The maximum absolute atomic E-state index is 5.55. The summed E-state index contributed by atoms with van der Waals surface area (Å²) in [6.45, 7) is 0. The van der Waals surface area contributed by atoms with Gasteiger partial charge in [0.2, 0.25) is 0 Å². The summed E-state index contributed by atoms with van der Waals surface area (Å²) < 4.78 is 4.74. The summed E-state index contributed by atoms with van der Waals surface area (Å²) >= 11 is 0. The van der Waals surface area contributed by atoms with Gasteiger partial charge in [-0.3, -0.25) is 9.47 Å². The normalized spacial score (nSPS) is 13.8. The van der Waals surface area contributed by atoms with Gasteiger partial charge in [0.25, 0.3) is 0 Å². The summed E-state index contributed by atoms with van der Waals surface area (Å²) in [6.07, 6.45) is 9.63. The topological polar surface area (TPSA) is 26.0 Å². The molecule has 244 valence electrons. The molecule has 0 radical (unpaired) electrons. The van der Waals surface area contributed by atoms with E-state index in [9.17, 15) is 0 Å². The van der Waals surface area contributed by atoms with E-state index < -0.39 is 0 Å². The van der Waals surface area contributed by atoms with E-state index in [1.54, 1.807) is 0 Å². The first-order chi connectivity index (χ1) is 25.8. The van der Waals surface area contributed by atoms with E-state index in [0.717, 1.165) is 46.2 Å². The van der Waals surface area contributed by atoms with Crippen molar-refractivity contribution in [2.24, 2.45) is 0 Å². The molecule has 1 aliphatic carbocycles. The maximum atomic E-state index is 5.55. The van der Waals surface area contributed by atoms with Crippen LogP contribution in [0.1, 0.15) is 12.0 Å². The molecule has 3 aromatic heterocycles. The van der Waals surface area contributed by atoms with Crippen molar-refractivity contribution < 1.29 is 0 Å². The number of rotatable bonds is 3. The smallest absolute Gasteiger partial charge is 0.140 e. The van der Waals surface area contributed by atoms with Gasteiger partial charge >= 0.3 is 0 Å². The number of allylic oxidation sites excluding steroid dienone is 5. The Labute approximate surface area is 301 Å². The highest BCUT2D eigenvalue weighted by Gasteiger charge is 2.28. The quantitative estimate of drug-likeness (QED) is 0.188. The van der Waals surface area contributed by atoms with Crippen LogP contribution in [0.25, 0.3) is 71.8 Å². The van der Waals surface area contributed by atoms with E-state index in [0.29, 0.717) is 0 Å². The Morgan fingerprint density at radius 3 is 1.85 bits per heavy atom. The average Bonchev–Trinajstić information content (AvgIpc) is 3.56. The molecule has 0 unspecified atom stereocenters. The van der Waals surface area contributed by atoms with Gasteiger partial charge in [0.05, 0.1) is 33.5 Å². The molecule has 0 spiro atoms. The van der Waals surface area contributed by atoms with Crippen LogP contribution >= 0.6 is 0 Å². The molecule has 0 N–H and O–H groups in total. The summed E-state index contributed by atoms with van der Waals surface area (Å²) in [5.41, 5.74) is 13.1. The van der Waals surface area contributed by atoms with Crippen LogP contribution in [0.15, 0.2) is 188 Å². The molecule has 4 nitrogen and oxygen atoms in total. The molecular formula is C48H32N4. The monoisotopic (exact) mass is 664 g/mol. The van der Waals surface area contributed by atoms with Crippen LogP contribution in [0.3, 0.4) is 0 Å². The van der Waals surface area contributed by atoms with Gasteiger partial charge in [0.15, 0.2) is 0 Å². The predicted molar refractivity (Wildman–Crippen MR) is 217 cm³/mol. The van der Waals surface area contributed by atoms with Gasteiger partial charge in [-0.1, -0.05) is 121 Å². The summed E-state index contributed by atoms with van der Waals surface area (Å²) in [5.74, 6) is 1.76. The number of aromatic nitrogens is 3. The van der Waals surface area contributed by atoms with Gasteiger partial charge in [-0.15, -0.1) is 0 Å². The molecule has 52 heavy (non-hydrogen) atoms.